The van der Waals surface area contributed by atoms with Gasteiger partial charge in [0.15, 0.2) is 0 Å². The van der Waals surface area contributed by atoms with Gasteiger partial charge in [-0.1, -0.05) is 18.2 Å². The molecule has 2 N–H and O–H groups in total. The third-order valence-corrected chi connectivity index (χ3v) is 4.43. The molecule has 0 bridgehead atoms. The normalized spacial score (nSPS) is 10.2. The molecule has 0 atom stereocenters. The topological polar surface area (TPSA) is 66.4 Å². The summed E-state index contributed by atoms with van der Waals surface area (Å²) in [6, 6.07) is 11.1. The van der Waals surface area contributed by atoms with E-state index in [1.54, 1.807) is 6.07 Å². The van der Waals surface area contributed by atoms with Crippen molar-refractivity contribution in [2.45, 2.75) is 11.8 Å². The van der Waals surface area contributed by atoms with E-state index in [2.05, 4.69) is 5.32 Å². The molecule has 0 unspecified atom stereocenters. The van der Waals surface area contributed by atoms with Crippen LogP contribution in [-0.4, -0.2) is 22.7 Å². The van der Waals surface area contributed by atoms with Gasteiger partial charge in [-0.25, -0.2) is 4.79 Å². The maximum absolute atomic E-state index is 11.9. The summed E-state index contributed by atoms with van der Waals surface area (Å²) in [5, 5.41) is 12.1. The summed E-state index contributed by atoms with van der Waals surface area (Å²) in [6.45, 7) is 1.81. The molecule has 0 aliphatic heterocycles. The molecule has 6 heteroatoms. The van der Waals surface area contributed by atoms with Gasteiger partial charge in [0.2, 0.25) is 5.91 Å². The zero-order valence-electron chi connectivity index (χ0n) is 10.8. The van der Waals surface area contributed by atoms with Crippen LogP contribution in [0.4, 0.5) is 5.00 Å². The maximum atomic E-state index is 11.9. The first-order chi connectivity index (χ1) is 9.56. The lowest BCUT2D eigenvalue weighted by Crippen LogP contribution is -2.15. The third kappa shape index (κ3) is 3.85. The van der Waals surface area contributed by atoms with Gasteiger partial charge in [-0.15, -0.1) is 23.1 Å². The van der Waals surface area contributed by atoms with Crippen molar-refractivity contribution in [1.82, 2.24) is 0 Å². The molecule has 4 nitrogen and oxygen atoms in total. The smallest absolute Gasteiger partial charge is 0.338 e. The highest BCUT2D eigenvalue weighted by Crippen LogP contribution is 2.28. The molecule has 0 spiro atoms. The largest absolute Gasteiger partial charge is 0.478 e. The highest BCUT2D eigenvalue weighted by Gasteiger charge is 2.15. The van der Waals surface area contributed by atoms with Gasteiger partial charge in [0, 0.05) is 9.77 Å². The van der Waals surface area contributed by atoms with Crippen LogP contribution in [0.1, 0.15) is 15.2 Å². The molecule has 0 radical (unpaired) electrons. The molecule has 0 saturated heterocycles. The molecule has 2 rings (SSSR count). The molecular weight excluding hydrogens is 294 g/mol. The van der Waals surface area contributed by atoms with Crippen LogP contribution in [-0.2, 0) is 4.79 Å². The van der Waals surface area contributed by atoms with Crippen LogP contribution in [0.15, 0.2) is 41.3 Å². The molecule has 0 saturated carbocycles. The Kier molecular flexibility index (Phi) is 4.81. The Morgan fingerprint density at radius 3 is 2.65 bits per heavy atom. The molecule has 2 aromatic rings. The zero-order valence-corrected chi connectivity index (χ0v) is 12.4. The summed E-state index contributed by atoms with van der Waals surface area (Å²) >= 11 is 2.68. The predicted octanol–water partition coefficient (Wildman–Crippen LogP) is 3.49. The second kappa shape index (κ2) is 6.58. The number of carboxylic acid groups (broad SMARTS) is 1. The highest BCUT2D eigenvalue weighted by molar-refractivity contribution is 8.00. The second-order valence-electron chi connectivity index (χ2n) is 4.05. The molecule has 104 valence electrons. The van der Waals surface area contributed by atoms with Crippen LogP contribution < -0.4 is 5.32 Å². The van der Waals surface area contributed by atoms with Gasteiger partial charge < -0.3 is 10.4 Å². The van der Waals surface area contributed by atoms with E-state index in [1.807, 2.05) is 37.3 Å². The standard InChI is InChI=1S/C14H13NO3S2/c1-9-7-11(14(17)18)13(20-9)15-12(16)8-19-10-5-3-2-4-6-10/h2-7H,8H2,1H3,(H,15,16)(H,17,18). The van der Waals surface area contributed by atoms with E-state index in [-0.39, 0.29) is 17.2 Å². The lowest BCUT2D eigenvalue weighted by atomic mass is 10.3. The third-order valence-electron chi connectivity index (χ3n) is 2.45. The summed E-state index contributed by atoms with van der Waals surface area (Å²) in [7, 11) is 0. The SMILES string of the molecule is Cc1cc(C(=O)O)c(NC(=O)CSc2ccccc2)s1. The number of hydrogen-bond donors (Lipinski definition) is 2. The van der Waals surface area contributed by atoms with Crippen molar-refractivity contribution < 1.29 is 14.7 Å². The summed E-state index contributed by atoms with van der Waals surface area (Å²) in [5.74, 6) is -0.983. The minimum Gasteiger partial charge on any atom is -0.478 e. The molecule has 1 amide bonds. The van der Waals surface area contributed by atoms with Crippen molar-refractivity contribution in [3.05, 3.63) is 46.8 Å². The number of anilines is 1. The average Bonchev–Trinajstić information content (AvgIpc) is 2.79. The van der Waals surface area contributed by atoms with E-state index in [9.17, 15) is 9.59 Å². The van der Waals surface area contributed by atoms with Crippen molar-refractivity contribution in [3.8, 4) is 0 Å². The summed E-state index contributed by atoms with van der Waals surface area (Å²) < 4.78 is 0. The Labute approximate surface area is 124 Å². The number of aromatic carboxylic acids is 1. The van der Waals surface area contributed by atoms with Gasteiger partial charge in [-0.05, 0) is 25.1 Å². The summed E-state index contributed by atoms with van der Waals surface area (Å²) in [4.78, 5) is 24.8. The molecule has 1 aromatic heterocycles. The second-order valence-corrected chi connectivity index (χ2v) is 6.36. The first-order valence-electron chi connectivity index (χ1n) is 5.87. The van der Waals surface area contributed by atoms with Gasteiger partial charge in [-0.3, -0.25) is 4.79 Å². The number of aryl methyl sites for hydroxylation is 1. The molecule has 1 aromatic carbocycles. The number of carbonyl (C=O) groups excluding carboxylic acids is 1. The van der Waals surface area contributed by atoms with Crippen molar-refractivity contribution in [1.29, 1.82) is 0 Å². The fraction of sp³-hybridized carbons (Fsp3) is 0.143. The quantitative estimate of drug-likeness (QED) is 0.830. The van der Waals surface area contributed by atoms with E-state index in [0.29, 0.717) is 5.00 Å². The number of amides is 1. The minimum absolute atomic E-state index is 0.144. The number of thiophene rings is 1. The first kappa shape index (κ1) is 14.6. The van der Waals surface area contributed by atoms with E-state index in [0.717, 1.165) is 9.77 Å². The summed E-state index contributed by atoms with van der Waals surface area (Å²) in [5.41, 5.74) is 0.144. The molecule has 0 fully saturated rings. The molecular formula is C14H13NO3S2. The minimum atomic E-state index is -1.03. The van der Waals surface area contributed by atoms with E-state index in [4.69, 9.17) is 5.11 Å². The van der Waals surface area contributed by atoms with Gasteiger partial charge in [-0.2, -0.15) is 0 Å². The lowest BCUT2D eigenvalue weighted by molar-refractivity contribution is -0.113. The lowest BCUT2D eigenvalue weighted by Gasteiger charge is -2.04. The number of thioether (sulfide) groups is 1. The van der Waals surface area contributed by atoms with Gasteiger partial charge >= 0.3 is 5.97 Å². The van der Waals surface area contributed by atoms with Gasteiger partial charge in [0.25, 0.3) is 0 Å². The number of nitrogens with one attached hydrogen (secondary N) is 1. The Balaban J connectivity index is 1.96. The summed E-state index contributed by atoms with van der Waals surface area (Å²) in [6.07, 6.45) is 0. The zero-order chi connectivity index (χ0) is 14.5. The van der Waals surface area contributed by atoms with Gasteiger partial charge in [0.05, 0.1) is 11.3 Å². The molecule has 0 aliphatic carbocycles. The van der Waals surface area contributed by atoms with E-state index < -0.39 is 5.97 Å². The Morgan fingerprint density at radius 1 is 1.30 bits per heavy atom. The number of hydrogen-bond acceptors (Lipinski definition) is 4. The van der Waals surface area contributed by atoms with Crippen LogP contribution in [0.3, 0.4) is 0 Å². The monoisotopic (exact) mass is 307 g/mol. The Morgan fingerprint density at radius 2 is 2.00 bits per heavy atom. The molecule has 20 heavy (non-hydrogen) atoms. The van der Waals surface area contributed by atoms with Crippen molar-refractivity contribution in [2.75, 3.05) is 11.1 Å². The van der Waals surface area contributed by atoms with Crippen molar-refractivity contribution >= 4 is 40.0 Å². The van der Waals surface area contributed by atoms with Crippen LogP contribution in [0.2, 0.25) is 0 Å². The van der Waals surface area contributed by atoms with E-state index >= 15 is 0 Å². The fourth-order valence-electron chi connectivity index (χ4n) is 1.59. The van der Waals surface area contributed by atoms with Crippen LogP contribution in [0.25, 0.3) is 0 Å². The van der Waals surface area contributed by atoms with Crippen molar-refractivity contribution in [2.24, 2.45) is 0 Å². The Bertz CT molecular complexity index is 623. The van der Waals surface area contributed by atoms with Crippen molar-refractivity contribution in [3.63, 3.8) is 0 Å². The van der Waals surface area contributed by atoms with Crippen LogP contribution in [0, 0.1) is 6.92 Å². The number of rotatable bonds is 5. The van der Waals surface area contributed by atoms with Crippen LogP contribution >= 0.6 is 23.1 Å². The number of carboxylic acids is 1. The molecule has 1 heterocycles. The first-order valence-corrected chi connectivity index (χ1v) is 7.68. The highest BCUT2D eigenvalue weighted by atomic mass is 32.2. The fourth-order valence-corrected chi connectivity index (χ4v) is 3.23. The number of benzene rings is 1. The van der Waals surface area contributed by atoms with Crippen LogP contribution in [0.5, 0.6) is 0 Å². The Hall–Kier alpha value is -1.79. The molecule has 0 aliphatic rings. The average molecular weight is 307 g/mol. The van der Waals surface area contributed by atoms with E-state index in [1.165, 1.54) is 23.1 Å². The number of carbonyl (C=O) groups is 2. The predicted molar refractivity (Wildman–Crippen MR) is 81.8 cm³/mol. The van der Waals surface area contributed by atoms with Gasteiger partial charge in [0.1, 0.15) is 5.00 Å². The maximum Gasteiger partial charge on any atom is 0.338 e.